The van der Waals surface area contributed by atoms with E-state index in [1.807, 2.05) is 6.92 Å². The summed E-state index contributed by atoms with van der Waals surface area (Å²) in [5, 5.41) is 3.32. The van der Waals surface area contributed by atoms with E-state index >= 15 is 0 Å². The molecular weight excluding hydrogens is 452 g/mol. The first kappa shape index (κ1) is 26.2. The summed E-state index contributed by atoms with van der Waals surface area (Å²) in [5.74, 6) is -0.872. The molecular formula is C22H27F6N3S. The number of halogens is 6. The van der Waals surface area contributed by atoms with Crippen molar-refractivity contribution >= 4 is 11.3 Å². The summed E-state index contributed by atoms with van der Waals surface area (Å²) in [7, 11) is 0. The van der Waals surface area contributed by atoms with Crippen LogP contribution in [0.25, 0.3) is 0 Å². The molecule has 1 atom stereocenters. The van der Waals surface area contributed by atoms with Gasteiger partial charge in [-0.2, -0.15) is 26.3 Å². The Morgan fingerprint density at radius 1 is 1.12 bits per heavy atom. The molecule has 2 rings (SSSR count). The number of rotatable bonds is 11. The van der Waals surface area contributed by atoms with Gasteiger partial charge in [0.25, 0.3) is 0 Å². The van der Waals surface area contributed by atoms with Crippen molar-refractivity contribution in [3.05, 3.63) is 63.7 Å². The first-order valence-corrected chi connectivity index (χ1v) is 11.1. The normalized spacial score (nSPS) is 13.4. The van der Waals surface area contributed by atoms with Crippen molar-refractivity contribution in [3.63, 3.8) is 0 Å². The summed E-state index contributed by atoms with van der Waals surface area (Å²) in [6.07, 6.45) is -6.43. The third-order valence-corrected chi connectivity index (χ3v) is 6.27. The topological polar surface area (TPSA) is 28.2 Å². The Labute approximate surface area is 188 Å². The maximum Gasteiger partial charge on any atom is 0.434 e. The highest BCUT2D eigenvalue weighted by Crippen LogP contribution is 2.41. The van der Waals surface area contributed by atoms with Crippen LogP contribution in [-0.4, -0.2) is 36.1 Å². The van der Waals surface area contributed by atoms with Gasteiger partial charge in [0.1, 0.15) is 0 Å². The van der Waals surface area contributed by atoms with Crippen LogP contribution < -0.4 is 5.32 Å². The van der Waals surface area contributed by atoms with Crippen LogP contribution in [0.2, 0.25) is 0 Å². The first-order valence-electron chi connectivity index (χ1n) is 10.3. The highest BCUT2D eigenvalue weighted by Gasteiger charge is 2.39. The van der Waals surface area contributed by atoms with Gasteiger partial charge in [-0.25, -0.2) is 4.98 Å². The molecule has 10 heteroatoms. The predicted molar refractivity (Wildman–Crippen MR) is 115 cm³/mol. The van der Waals surface area contributed by atoms with Crippen molar-refractivity contribution in [1.29, 1.82) is 0 Å². The SMILES string of the molecule is C=CNCCN(CCC)CCc1nc(C(F)(F)F)c(C(C)c2cccc(C(F)(F)F)c2)s1. The zero-order valence-electron chi connectivity index (χ0n) is 18.0. The number of nitrogens with one attached hydrogen (secondary N) is 1. The lowest BCUT2D eigenvalue weighted by Gasteiger charge is -2.21. The van der Waals surface area contributed by atoms with E-state index in [1.165, 1.54) is 19.1 Å². The predicted octanol–water partition coefficient (Wildman–Crippen LogP) is 6.32. The van der Waals surface area contributed by atoms with E-state index in [0.29, 0.717) is 31.1 Å². The zero-order chi connectivity index (χ0) is 23.9. The molecule has 0 saturated heterocycles. The number of nitrogens with zero attached hydrogens (tertiary/aromatic N) is 2. The number of aromatic nitrogens is 1. The average molecular weight is 480 g/mol. The second kappa shape index (κ2) is 11.2. The Morgan fingerprint density at radius 2 is 1.84 bits per heavy atom. The van der Waals surface area contributed by atoms with Gasteiger partial charge in [0, 0.05) is 36.9 Å². The molecule has 0 radical (unpaired) electrons. The quantitative estimate of drug-likeness (QED) is 0.302. The average Bonchev–Trinajstić information content (AvgIpc) is 3.16. The molecule has 3 nitrogen and oxygen atoms in total. The van der Waals surface area contributed by atoms with Crippen LogP contribution in [-0.2, 0) is 18.8 Å². The molecule has 1 aromatic heterocycles. The standard InChI is InChI=1S/C22H27F6N3S/c1-4-11-31(13-10-29-5-2)12-9-18-30-20(22(26,27)28)19(32-18)15(3)16-7-6-8-17(14-16)21(23,24)25/h5-8,14-15,29H,2,4,9-13H2,1,3H3. The number of hydrogen-bond acceptors (Lipinski definition) is 4. The van der Waals surface area contributed by atoms with Gasteiger partial charge in [-0.1, -0.05) is 38.6 Å². The minimum absolute atomic E-state index is 0.0674. The van der Waals surface area contributed by atoms with Gasteiger partial charge in [-0.3, -0.25) is 0 Å². The fourth-order valence-electron chi connectivity index (χ4n) is 3.35. The summed E-state index contributed by atoms with van der Waals surface area (Å²) in [6, 6.07) is 4.43. The van der Waals surface area contributed by atoms with E-state index in [-0.39, 0.29) is 10.4 Å². The van der Waals surface area contributed by atoms with Crippen molar-refractivity contribution in [3.8, 4) is 0 Å². The van der Waals surface area contributed by atoms with Gasteiger partial charge in [0.2, 0.25) is 0 Å². The molecule has 0 spiro atoms. The molecule has 0 amide bonds. The molecule has 1 aromatic carbocycles. The number of hydrogen-bond donors (Lipinski definition) is 1. The Bertz CT molecular complexity index is 875. The van der Waals surface area contributed by atoms with E-state index in [4.69, 9.17) is 0 Å². The maximum absolute atomic E-state index is 13.7. The van der Waals surface area contributed by atoms with E-state index < -0.39 is 29.5 Å². The molecule has 2 aromatic rings. The molecule has 1 unspecified atom stereocenters. The highest BCUT2D eigenvalue weighted by molar-refractivity contribution is 7.11. The lowest BCUT2D eigenvalue weighted by atomic mass is 9.96. The summed E-state index contributed by atoms with van der Waals surface area (Å²) < 4.78 is 80.2. The molecule has 0 aliphatic rings. The Balaban J connectivity index is 2.27. The highest BCUT2D eigenvalue weighted by atomic mass is 32.1. The third kappa shape index (κ3) is 7.23. The van der Waals surface area contributed by atoms with E-state index in [2.05, 4.69) is 21.8 Å². The molecule has 32 heavy (non-hydrogen) atoms. The molecule has 0 aliphatic heterocycles. The van der Waals surface area contributed by atoms with Crippen molar-refractivity contribution in [1.82, 2.24) is 15.2 Å². The minimum atomic E-state index is -4.68. The number of thiazole rings is 1. The van der Waals surface area contributed by atoms with Gasteiger partial charge in [-0.15, -0.1) is 11.3 Å². The lowest BCUT2D eigenvalue weighted by Crippen LogP contribution is -2.32. The van der Waals surface area contributed by atoms with Gasteiger partial charge < -0.3 is 10.2 Å². The van der Waals surface area contributed by atoms with E-state index in [1.54, 1.807) is 6.20 Å². The van der Waals surface area contributed by atoms with Crippen LogP contribution >= 0.6 is 11.3 Å². The van der Waals surface area contributed by atoms with Crippen LogP contribution in [0, 0.1) is 0 Å². The molecule has 1 N–H and O–H groups in total. The van der Waals surface area contributed by atoms with Gasteiger partial charge >= 0.3 is 12.4 Å². The van der Waals surface area contributed by atoms with Crippen molar-refractivity contribution in [2.75, 3.05) is 26.2 Å². The smallest absolute Gasteiger partial charge is 0.390 e. The molecule has 0 aliphatic carbocycles. The number of alkyl halides is 6. The number of benzene rings is 1. The fourth-order valence-corrected chi connectivity index (χ4v) is 4.50. The molecule has 0 bridgehead atoms. The van der Waals surface area contributed by atoms with Crippen molar-refractivity contribution in [2.24, 2.45) is 0 Å². The maximum atomic E-state index is 13.7. The van der Waals surface area contributed by atoms with Gasteiger partial charge in [-0.05, 0) is 30.8 Å². The Kier molecular flexibility index (Phi) is 9.15. The molecule has 178 valence electrons. The second-order valence-corrected chi connectivity index (χ2v) is 8.53. The largest absolute Gasteiger partial charge is 0.434 e. The summed E-state index contributed by atoms with van der Waals surface area (Å²) >= 11 is 0.920. The fraction of sp³-hybridized carbons (Fsp3) is 0.500. The Morgan fingerprint density at radius 3 is 2.44 bits per heavy atom. The van der Waals surface area contributed by atoms with Crippen molar-refractivity contribution in [2.45, 2.75) is 45.0 Å². The molecule has 0 fully saturated rings. The minimum Gasteiger partial charge on any atom is -0.390 e. The van der Waals surface area contributed by atoms with Crippen LogP contribution in [0.5, 0.6) is 0 Å². The monoisotopic (exact) mass is 479 g/mol. The summed E-state index contributed by atoms with van der Waals surface area (Å²) in [5.41, 5.74) is -1.73. The Hall–Kier alpha value is -2.07. The molecule has 0 saturated carbocycles. The second-order valence-electron chi connectivity index (χ2n) is 7.41. The van der Waals surface area contributed by atoms with E-state index in [0.717, 1.165) is 36.4 Å². The van der Waals surface area contributed by atoms with Crippen LogP contribution in [0.15, 0.2) is 37.0 Å². The van der Waals surface area contributed by atoms with Crippen LogP contribution in [0.4, 0.5) is 26.3 Å². The summed E-state index contributed by atoms with van der Waals surface area (Å²) in [4.78, 5) is 5.90. The lowest BCUT2D eigenvalue weighted by molar-refractivity contribution is -0.141. The molecule has 1 heterocycles. The van der Waals surface area contributed by atoms with E-state index in [9.17, 15) is 26.3 Å². The zero-order valence-corrected chi connectivity index (χ0v) is 18.8. The van der Waals surface area contributed by atoms with Gasteiger partial charge in [0.15, 0.2) is 5.69 Å². The third-order valence-electron chi connectivity index (χ3n) is 4.97. The van der Waals surface area contributed by atoms with Gasteiger partial charge in [0.05, 0.1) is 10.6 Å². The summed E-state index contributed by atoms with van der Waals surface area (Å²) in [6.45, 7) is 9.80. The first-order chi connectivity index (χ1) is 15.0. The van der Waals surface area contributed by atoms with Crippen LogP contribution in [0.1, 0.15) is 52.9 Å². The van der Waals surface area contributed by atoms with Crippen molar-refractivity contribution < 1.29 is 26.3 Å². The van der Waals surface area contributed by atoms with Crippen LogP contribution in [0.3, 0.4) is 0 Å².